The Morgan fingerprint density at radius 2 is 2.09 bits per heavy atom. The molecule has 1 saturated heterocycles. The number of benzene rings is 2. The molecule has 1 fully saturated rings. The topological polar surface area (TPSA) is 102 Å². The van der Waals surface area contributed by atoms with E-state index in [1.807, 2.05) is 32.0 Å². The molecule has 1 atom stereocenters. The molecule has 10 heteroatoms. The molecule has 1 spiro atoms. The van der Waals surface area contributed by atoms with Crippen molar-refractivity contribution in [3.05, 3.63) is 69.6 Å². The fraction of sp³-hybridized carbons (Fsp3) is 0.292. The maximum atomic E-state index is 15.1. The van der Waals surface area contributed by atoms with E-state index >= 15 is 4.39 Å². The van der Waals surface area contributed by atoms with Crippen LogP contribution in [0.3, 0.4) is 0 Å². The maximum absolute atomic E-state index is 15.1. The van der Waals surface area contributed by atoms with E-state index in [1.54, 1.807) is 0 Å². The van der Waals surface area contributed by atoms with Crippen molar-refractivity contribution in [2.24, 2.45) is 0 Å². The normalized spacial score (nSPS) is 19.5. The number of hydrogen-bond acceptors (Lipinski definition) is 5. The number of carbonyl (C=O) groups is 2. The Labute approximate surface area is 200 Å². The summed E-state index contributed by atoms with van der Waals surface area (Å²) < 4.78 is 22.3. The van der Waals surface area contributed by atoms with Crippen LogP contribution in [0.5, 0.6) is 0 Å². The summed E-state index contributed by atoms with van der Waals surface area (Å²) in [5.41, 5.74) is 8.52. The molecule has 2 aliphatic rings. The lowest BCUT2D eigenvalue weighted by Crippen LogP contribution is -2.53. The molecule has 3 aromatic rings. The molecule has 5 rings (SSSR count). The van der Waals surface area contributed by atoms with Gasteiger partial charge in [0.25, 0.3) is 5.91 Å². The number of halogens is 2. The van der Waals surface area contributed by atoms with Crippen molar-refractivity contribution in [1.82, 2.24) is 14.7 Å². The number of nitrogens with zero attached hydrogens (tertiary/aromatic N) is 3. The molecule has 0 bridgehead atoms. The Morgan fingerprint density at radius 3 is 2.88 bits per heavy atom. The number of aryl methyl sites for hydroxylation is 1. The molecule has 1 aromatic heterocycles. The number of hydrogen-bond donors (Lipinski definition) is 2. The van der Waals surface area contributed by atoms with E-state index < -0.39 is 17.5 Å². The lowest BCUT2D eigenvalue weighted by molar-refractivity contribution is -0.0418. The number of fused-ring (bicyclic) bond motifs is 2. The Kier molecular flexibility index (Phi) is 5.24. The number of nitrogen functional groups attached to an aromatic ring is 1. The highest BCUT2D eigenvalue weighted by atomic mass is 35.5. The molecule has 0 saturated carbocycles. The van der Waals surface area contributed by atoms with E-state index in [4.69, 9.17) is 22.1 Å². The zero-order valence-corrected chi connectivity index (χ0v) is 19.4. The zero-order valence-electron chi connectivity index (χ0n) is 18.7. The standard InChI is InChI=1S/C24H23ClFN5O3/c1-13-5-3-6-18(14(13)2)31-21(27)15(11-28-31)22(32)30-10-4-9-24(12-30)19-17(29-23(33)34-24)8-7-16(25)20(19)26/h3,5-8,11H,4,9-10,12,27H2,1-2H3,(H,29,33)/t24-/m0/s1. The molecule has 3 N–H and O–H groups in total. The maximum Gasteiger partial charge on any atom is 0.412 e. The van der Waals surface area contributed by atoms with Crippen molar-refractivity contribution >= 4 is 35.1 Å². The van der Waals surface area contributed by atoms with Gasteiger partial charge in [-0.3, -0.25) is 10.1 Å². The number of nitrogens with two attached hydrogens (primary N) is 1. The molecule has 2 aliphatic heterocycles. The van der Waals surface area contributed by atoms with Crippen molar-refractivity contribution in [1.29, 1.82) is 0 Å². The predicted octanol–water partition coefficient (Wildman–Crippen LogP) is 4.56. The predicted molar refractivity (Wildman–Crippen MR) is 126 cm³/mol. The minimum absolute atomic E-state index is 0.0302. The van der Waals surface area contributed by atoms with E-state index in [1.165, 1.54) is 27.9 Å². The number of anilines is 2. The Bertz CT molecular complexity index is 1340. The first kappa shape index (κ1) is 22.2. The highest BCUT2D eigenvalue weighted by Crippen LogP contribution is 2.45. The summed E-state index contributed by atoms with van der Waals surface area (Å²) in [5, 5.41) is 6.79. The number of likely N-dealkylation sites (tertiary alicyclic amines) is 1. The quantitative estimate of drug-likeness (QED) is 0.556. The van der Waals surface area contributed by atoms with Crippen LogP contribution in [-0.2, 0) is 10.3 Å². The van der Waals surface area contributed by atoms with Gasteiger partial charge in [0.1, 0.15) is 11.4 Å². The van der Waals surface area contributed by atoms with Gasteiger partial charge in [-0.15, -0.1) is 0 Å². The van der Waals surface area contributed by atoms with Crippen LogP contribution < -0.4 is 11.1 Å². The summed E-state index contributed by atoms with van der Waals surface area (Å²) in [6.07, 6.45) is 1.58. The van der Waals surface area contributed by atoms with Crippen LogP contribution >= 0.6 is 11.6 Å². The van der Waals surface area contributed by atoms with Crippen LogP contribution in [0.4, 0.5) is 20.7 Å². The second-order valence-corrected chi connectivity index (χ2v) is 9.10. The Morgan fingerprint density at radius 1 is 1.29 bits per heavy atom. The van der Waals surface area contributed by atoms with E-state index in [0.29, 0.717) is 19.4 Å². The van der Waals surface area contributed by atoms with Crippen LogP contribution in [0.1, 0.15) is 39.9 Å². The van der Waals surface area contributed by atoms with Gasteiger partial charge >= 0.3 is 6.09 Å². The monoisotopic (exact) mass is 483 g/mol. The van der Waals surface area contributed by atoms with E-state index in [9.17, 15) is 9.59 Å². The van der Waals surface area contributed by atoms with Crippen LogP contribution in [0.2, 0.25) is 5.02 Å². The second-order valence-electron chi connectivity index (χ2n) is 8.70. The lowest BCUT2D eigenvalue weighted by atomic mass is 9.83. The van der Waals surface area contributed by atoms with Gasteiger partial charge in [-0.25, -0.2) is 13.9 Å². The Hall–Kier alpha value is -3.59. The van der Waals surface area contributed by atoms with Gasteiger partial charge in [-0.05, 0) is 56.0 Å². The van der Waals surface area contributed by atoms with Crippen molar-refractivity contribution in [3.8, 4) is 5.69 Å². The highest BCUT2D eigenvalue weighted by molar-refractivity contribution is 6.31. The van der Waals surface area contributed by atoms with Crippen molar-refractivity contribution in [3.63, 3.8) is 0 Å². The Balaban J connectivity index is 1.50. The molecule has 0 unspecified atom stereocenters. The smallest absolute Gasteiger partial charge is 0.412 e. The van der Waals surface area contributed by atoms with Gasteiger partial charge in [-0.1, -0.05) is 23.7 Å². The van der Waals surface area contributed by atoms with E-state index in [0.717, 1.165) is 16.8 Å². The summed E-state index contributed by atoms with van der Waals surface area (Å²) >= 11 is 6.03. The van der Waals surface area contributed by atoms with Crippen molar-refractivity contribution in [2.75, 3.05) is 24.1 Å². The van der Waals surface area contributed by atoms with E-state index in [-0.39, 0.29) is 40.1 Å². The van der Waals surface area contributed by atoms with Crippen molar-refractivity contribution in [2.45, 2.75) is 32.3 Å². The van der Waals surface area contributed by atoms with Gasteiger partial charge < -0.3 is 15.4 Å². The highest BCUT2D eigenvalue weighted by Gasteiger charge is 2.48. The molecule has 0 radical (unpaired) electrons. The van der Waals surface area contributed by atoms with Gasteiger partial charge in [0.15, 0.2) is 11.4 Å². The lowest BCUT2D eigenvalue weighted by Gasteiger charge is -2.45. The van der Waals surface area contributed by atoms with Crippen LogP contribution in [-0.4, -0.2) is 39.8 Å². The number of piperidine rings is 1. The number of aromatic nitrogens is 2. The van der Waals surface area contributed by atoms with E-state index in [2.05, 4.69) is 10.4 Å². The molecule has 34 heavy (non-hydrogen) atoms. The van der Waals surface area contributed by atoms with Crippen LogP contribution in [0.15, 0.2) is 36.5 Å². The molecule has 0 aliphatic carbocycles. The van der Waals surface area contributed by atoms with Crippen molar-refractivity contribution < 1.29 is 18.7 Å². The summed E-state index contributed by atoms with van der Waals surface area (Å²) in [4.78, 5) is 27.3. The van der Waals surface area contributed by atoms with Gasteiger partial charge in [0, 0.05) is 6.54 Å². The molecule has 2 amide bonds. The summed E-state index contributed by atoms with van der Waals surface area (Å²) in [7, 11) is 0. The minimum Gasteiger partial charge on any atom is -0.436 e. The number of ether oxygens (including phenoxy) is 1. The minimum atomic E-state index is -1.35. The molecular formula is C24H23ClFN5O3. The average Bonchev–Trinajstić information content (AvgIpc) is 3.18. The molecule has 8 nitrogen and oxygen atoms in total. The summed E-state index contributed by atoms with van der Waals surface area (Å²) in [6.45, 7) is 4.32. The number of carbonyl (C=O) groups excluding carboxylic acids is 2. The molecule has 2 aromatic carbocycles. The zero-order chi connectivity index (χ0) is 24.2. The SMILES string of the molecule is Cc1cccc(-n2ncc(C(=O)N3CCC[C@@]4(C3)OC(=O)Nc3ccc(Cl)c(F)c34)c2N)c1C. The first-order valence-electron chi connectivity index (χ1n) is 10.9. The fourth-order valence-corrected chi connectivity index (χ4v) is 4.95. The third kappa shape index (κ3) is 3.38. The number of rotatable bonds is 2. The number of amides is 2. The number of nitrogens with one attached hydrogen (secondary N) is 1. The van der Waals surface area contributed by atoms with Crippen LogP contribution in [0.25, 0.3) is 5.69 Å². The van der Waals surface area contributed by atoms with Gasteiger partial charge in [-0.2, -0.15) is 5.10 Å². The van der Waals surface area contributed by atoms with Gasteiger partial charge in [0.2, 0.25) is 0 Å². The largest absolute Gasteiger partial charge is 0.436 e. The van der Waals surface area contributed by atoms with Gasteiger partial charge in [0.05, 0.1) is 34.7 Å². The molecule has 176 valence electrons. The first-order chi connectivity index (χ1) is 16.2. The van der Waals surface area contributed by atoms with Crippen LogP contribution in [0, 0.1) is 19.7 Å². The third-order valence-electron chi connectivity index (χ3n) is 6.66. The summed E-state index contributed by atoms with van der Waals surface area (Å²) in [5.74, 6) is -0.835. The fourth-order valence-electron chi connectivity index (χ4n) is 4.80. The first-order valence-corrected chi connectivity index (χ1v) is 11.3. The molecule has 3 heterocycles. The molecular weight excluding hydrogens is 461 g/mol. The third-order valence-corrected chi connectivity index (χ3v) is 6.95. The summed E-state index contributed by atoms with van der Waals surface area (Å²) in [6, 6.07) is 8.69. The average molecular weight is 484 g/mol. The second kappa shape index (κ2) is 8.02.